The van der Waals surface area contributed by atoms with E-state index in [-0.39, 0.29) is 46.5 Å². The summed E-state index contributed by atoms with van der Waals surface area (Å²) >= 11 is 0. The lowest BCUT2D eigenvalue weighted by molar-refractivity contribution is -0.120. The van der Waals surface area contributed by atoms with Gasteiger partial charge in [0.15, 0.2) is 11.5 Å². The van der Waals surface area contributed by atoms with Crippen LogP contribution in [0.1, 0.15) is 30.7 Å². The molecule has 0 bridgehead atoms. The average molecular weight is 974 g/mol. The maximum absolute atomic E-state index is 12.4. The molecular formula is C24H32N6O24P6. The van der Waals surface area contributed by atoms with Crippen LogP contribution in [0.4, 0.5) is 5.82 Å². The first-order chi connectivity index (χ1) is 27.7. The number of ether oxygens (including phenoxy) is 1. The van der Waals surface area contributed by atoms with Crippen LogP contribution in [0.5, 0.6) is 0 Å². The van der Waals surface area contributed by atoms with Crippen molar-refractivity contribution in [2.75, 3.05) is 18.9 Å². The van der Waals surface area contributed by atoms with Gasteiger partial charge in [0.2, 0.25) is 5.91 Å². The van der Waals surface area contributed by atoms with Crippen LogP contribution in [0.25, 0.3) is 22.1 Å². The highest BCUT2D eigenvalue weighted by Crippen LogP contribution is 2.75. The Kier molecular flexibility index (Phi) is 14.7. The van der Waals surface area contributed by atoms with Gasteiger partial charge in [-0.05, 0) is 24.1 Å². The van der Waals surface area contributed by atoms with Gasteiger partial charge in [-0.1, -0.05) is 12.1 Å². The molecule has 3 aromatic heterocycles. The lowest BCUT2D eigenvalue weighted by Crippen LogP contribution is -2.26. The highest BCUT2D eigenvalue weighted by Gasteiger charge is 2.50. The smallest absolute Gasteiger partial charge is 0.423 e. The monoisotopic (exact) mass is 974 g/mol. The van der Waals surface area contributed by atoms with E-state index in [9.17, 15) is 71.4 Å². The van der Waals surface area contributed by atoms with Gasteiger partial charge in [-0.3, -0.25) is 18.4 Å². The number of fused-ring (bicyclic) bond motifs is 2. The summed E-state index contributed by atoms with van der Waals surface area (Å²) in [5.74, 6) is -0.379. The second-order valence-corrected chi connectivity index (χ2v) is 21.3. The molecule has 1 amide bonds. The molecule has 0 saturated carbocycles. The number of benzene rings is 1. The molecule has 30 nitrogen and oxygen atoms in total. The van der Waals surface area contributed by atoms with Crippen molar-refractivity contribution >= 4 is 80.8 Å². The Morgan fingerprint density at radius 3 is 2.05 bits per heavy atom. The highest BCUT2D eigenvalue weighted by molar-refractivity contribution is 7.72. The largest absolute Gasteiger partial charge is 0.490 e. The summed E-state index contributed by atoms with van der Waals surface area (Å²) in [5.41, 5.74) is 5.40. The maximum atomic E-state index is 12.4. The van der Waals surface area contributed by atoms with Crippen molar-refractivity contribution in [3.63, 3.8) is 0 Å². The molecule has 1 aliphatic heterocycles. The zero-order valence-corrected chi connectivity index (χ0v) is 35.2. The summed E-state index contributed by atoms with van der Waals surface area (Å²) in [6, 6.07) is 4.82. The number of nitrogens with one attached hydrogen (secondary N) is 1. The highest BCUT2D eigenvalue weighted by atomic mass is 31.3. The van der Waals surface area contributed by atoms with Crippen molar-refractivity contribution in [1.29, 1.82) is 0 Å². The van der Waals surface area contributed by atoms with Crippen LogP contribution in [0.15, 0.2) is 46.1 Å². The van der Waals surface area contributed by atoms with Crippen molar-refractivity contribution < 1.29 is 106 Å². The maximum Gasteiger partial charge on any atom is 0.490 e. The molecular weight excluding hydrogens is 942 g/mol. The number of hydrogen-bond acceptors (Lipinski definition) is 22. The zero-order chi connectivity index (χ0) is 44.5. The van der Waals surface area contributed by atoms with Crippen LogP contribution >= 0.6 is 46.9 Å². The van der Waals surface area contributed by atoms with Gasteiger partial charge in [-0.15, -0.1) is 0 Å². The summed E-state index contributed by atoms with van der Waals surface area (Å²) in [4.78, 5) is 94.8. The number of phosphoric ester groups is 2. The number of anilines is 1. The van der Waals surface area contributed by atoms with Gasteiger partial charge in [0.05, 0.1) is 32.1 Å². The normalized spacial score (nSPS) is 23.2. The third kappa shape index (κ3) is 13.3. The van der Waals surface area contributed by atoms with Crippen molar-refractivity contribution in [3.05, 3.63) is 58.5 Å². The Bertz CT molecular complexity index is 2620. The number of carbonyl (C=O) groups is 1. The number of likely N-dealkylation sites (N-methyl/N-ethyl adjacent to an activating group) is 1. The van der Waals surface area contributed by atoms with Gasteiger partial charge in [0, 0.05) is 24.4 Å². The summed E-state index contributed by atoms with van der Waals surface area (Å²) in [5, 5.41) is 13.2. The topological polar surface area (TPSA) is 447 Å². The number of nitrogen functional groups attached to an aromatic ring is 1. The van der Waals surface area contributed by atoms with Crippen molar-refractivity contribution in [2.45, 2.75) is 44.8 Å². The molecule has 60 heavy (non-hydrogen) atoms. The zero-order valence-electron chi connectivity index (χ0n) is 29.9. The Morgan fingerprint density at radius 1 is 0.867 bits per heavy atom. The van der Waals surface area contributed by atoms with Gasteiger partial charge in [0.1, 0.15) is 29.8 Å². The van der Waals surface area contributed by atoms with E-state index in [2.05, 4.69) is 50.9 Å². The molecule has 0 spiro atoms. The Labute approximate surface area is 333 Å². The summed E-state index contributed by atoms with van der Waals surface area (Å²) in [6.45, 7) is 0.0274. The number of aliphatic hydroxyl groups is 1. The van der Waals surface area contributed by atoms with E-state index in [1.807, 2.05) is 0 Å². The van der Waals surface area contributed by atoms with E-state index in [1.165, 1.54) is 23.0 Å². The van der Waals surface area contributed by atoms with E-state index < -0.39 is 90.1 Å². The predicted molar refractivity (Wildman–Crippen MR) is 194 cm³/mol. The molecule has 9 atom stereocenters. The van der Waals surface area contributed by atoms with Crippen LogP contribution in [-0.4, -0.2) is 85.3 Å². The fourth-order valence-corrected chi connectivity index (χ4v) is 12.9. The minimum Gasteiger partial charge on any atom is -0.423 e. The number of phosphoric acid groups is 6. The van der Waals surface area contributed by atoms with E-state index in [0.717, 1.165) is 18.5 Å². The number of carbonyl (C=O) groups excluding carboxylic acids is 1. The van der Waals surface area contributed by atoms with E-state index in [4.69, 9.17) is 14.9 Å². The quantitative estimate of drug-likeness (QED) is 0.0450. The molecule has 36 heteroatoms. The SMILES string of the molecule is CCNC(=O)Cc1cc(=O)oc2cc(COP(=O)(O)OP(=O)(O)OP(=O)(O)OP(=O)(O)OP(=O)(O)OP(=O)(O)OC[C@H]3O[C@@H](n4cnc5c(N)ncnc54)C[C@H]3O)ccc12. The first kappa shape index (κ1) is 48.1. The number of aromatic nitrogens is 4. The first-order valence-electron chi connectivity index (χ1n) is 16.1. The fraction of sp³-hybridized carbons (Fsp3) is 0.375. The van der Waals surface area contributed by atoms with Crippen LogP contribution < -0.4 is 16.7 Å². The van der Waals surface area contributed by atoms with Crippen LogP contribution in [-0.2, 0) is 80.6 Å². The molecule has 0 aliphatic carbocycles. The summed E-state index contributed by atoms with van der Waals surface area (Å²) < 4.78 is 114. The fourth-order valence-electron chi connectivity index (χ4n) is 5.14. The Balaban J connectivity index is 1.12. The molecule has 332 valence electrons. The van der Waals surface area contributed by atoms with E-state index >= 15 is 0 Å². The third-order valence-corrected chi connectivity index (χ3v) is 16.5. The molecule has 1 aliphatic rings. The minimum atomic E-state index is -6.52. The second kappa shape index (κ2) is 18.4. The standard InChI is InChI=1S/C24H32N6O24P6/c1-2-26-19(32)6-14-7-21(33)49-17-5-13(3-4-15(14)17)9-46-55(34,35)50-57(38,39)52-59(42,43)54-60(44,45)53-58(40,41)51-56(36,37)47-10-18-16(31)8-20(48-18)30-12-29-22-23(25)27-11-28-24(22)30/h3-5,7,11-12,16,18,20,31H,2,6,8-10H2,1H3,(H,26,32)(H,34,35)(H,36,37)(H,38,39)(H,40,41)(H,42,43)(H,44,45)(H2,25,27,28)/t16-,18-,20-/m1/s1. The number of nitrogens with zero attached hydrogens (tertiary/aromatic N) is 4. The number of amides is 1. The average Bonchev–Trinajstić information content (AvgIpc) is 3.67. The van der Waals surface area contributed by atoms with Crippen LogP contribution in [0, 0.1) is 0 Å². The number of nitrogens with two attached hydrogens (primary N) is 1. The Morgan fingerprint density at radius 2 is 1.45 bits per heavy atom. The van der Waals surface area contributed by atoms with Crippen LogP contribution in [0.3, 0.4) is 0 Å². The molecule has 5 rings (SSSR count). The molecule has 4 heterocycles. The third-order valence-electron chi connectivity index (χ3n) is 7.35. The molecule has 6 unspecified atom stereocenters. The van der Waals surface area contributed by atoms with Crippen molar-refractivity contribution in [1.82, 2.24) is 24.8 Å². The van der Waals surface area contributed by atoms with Crippen molar-refractivity contribution in [3.8, 4) is 0 Å². The molecule has 10 N–H and O–H groups in total. The summed E-state index contributed by atoms with van der Waals surface area (Å²) in [7, 11) is -37.3. The van der Waals surface area contributed by atoms with Gasteiger partial charge >= 0.3 is 52.6 Å². The molecule has 4 aromatic rings. The van der Waals surface area contributed by atoms with Gasteiger partial charge in [-0.25, -0.2) is 47.1 Å². The Hall–Kier alpha value is -2.97. The number of aliphatic hydroxyl groups excluding tert-OH is 1. The van der Waals surface area contributed by atoms with Crippen LogP contribution in [0.2, 0.25) is 0 Å². The summed E-state index contributed by atoms with van der Waals surface area (Å²) in [6.07, 6.45) is -1.80. The molecule has 0 radical (unpaired) electrons. The van der Waals surface area contributed by atoms with Gasteiger partial charge in [0.25, 0.3) is 0 Å². The van der Waals surface area contributed by atoms with Gasteiger partial charge < -0.3 is 54.7 Å². The number of imidazole rings is 1. The minimum absolute atomic E-state index is 0.0299. The van der Waals surface area contributed by atoms with Gasteiger partial charge in [-0.2, -0.15) is 21.6 Å². The second-order valence-electron chi connectivity index (χ2n) is 11.9. The first-order valence-corrected chi connectivity index (χ1v) is 25.1. The van der Waals surface area contributed by atoms with E-state index in [1.54, 1.807) is 6.92 Å². The number of rotatable bonds is 20. The predicted octanol–water partition coefficient (Wildman–Crippen LogP) is 1.76. The molecule has 1 fully saturated rings. The lowest BCUT2D eigenvalue weighted by atomic mass is 10.1. The molecule has 1 saturated heterocycles. The number of hydrogen-bond donors (Lipinski definition) is 9. The lowest BCUT2D eigenvalue weighted by Gasteiger charge is -2.21. The van der Waals surface area contributed by atoms with E-state index in [0.29, 0.717) is 11.9 Å². The molecule has 1 aromatic carbocycles. The van der Waals surface area contributed by atoms with Crippen molar-refractivity contribution in [2.24, 2.45) is 0 Å².